The summed E-state index contributed by atoms with van der Waals surface area (Å²) >= 11 is 0. The molecule has 0 aromatic rings. The quantitative estimate of drug-likeness (QED) is 0.368. The van der Waals surface area contributed by atoms with Gasteiger partial charge in [0, 0.05) is 12.3 Å². The van der Waals surface area contributed by atoms with E-state index in [0.717, 1.165) is 50.7 Å². The van der Waals surface area contributed by atoms with Crippen LogP contribution in [0, 0.1) is 28.6 Å². The van der Waals surface area contributed by atoms with E-state index in [4.69, 9.17) is 14.5 Å². The lowest BCUT2D eigenvalue weighted by Crippen LogP contribution is -2.58. The number of ether oxygens (including phenoxy) is 2. The number of aliphatic hydroxyl groups is 1. The van der Waals surface area contributed by atoms with Gasteiger partial charge < -0.3 is 14.6 Å². The molecule has 7 heteroatoms. The van der Waals surface area contributed by atoms with Gasteiger partial charge in [0.25, 0.3) is 0 Å². The lowest BCUT2D eigenvalue weighted by atomic mass is 9.46. The Hall–Kier alpha value is -1.89. The first-order chi connectivity index (χ1) is 15.7. The van der Waals surface area contributed by atoms with Crippen molar-refractivity contribution >= 4 is 17.7 Å². The highest BCUT2D eigenvalue weighted by Crippen LogP contribution is 2.69. The summed E-state index contributed by atoms with van der Waals surface area (Å²) in [5, 5.41) is 14.8. The van der Waals surface area contributed by atoms with E-state index < -0.39 is 11.6 Å². The maximum absolute atomic E-state index is 11.9. The summed E-state index contributed by atoms with van der Waals surface area (Å²) in [6.07, 6.45) is 8.77. The SMILES string of the molecule is CCOC(=O)NN=C(C)C12N=C(C)OC1CC1C3CC=C4CC(O)CCC4(C)C3CCC12C. The predicted molar refractivity (Wildman–Crippen MR) is 127 cm³/mol. The summed E-state index contributed by atoms with van der Waals surface area (Å²) in [5.41, 5.74) is 4.41. The molecular formula is C26H39N3O4. The molecule has 8 unspecified atom stereocenters. The molecule has 0 radical (unpaired) electrons. The van der Waals surface area contributed by atoms with E-state index in [1.807, 2.05) is 13.8 Å². The average molecular weight is 458 g/mol. The summed E-state index contributed by atoms with van der Waals surface area (Å²) in [7, 11) is 0. The highest BCUT2D eigenvalue weighted by molar-refractivity contribution is 5.98. The van der Waals surface area contributed by atoms with Crippen LogP contribution in [-0.2, 0) is 9.47 Å². The molecule has 3 saturated carbocycles. The number of allylic oxidation sites excluding steroid dienone is 1. The standard InChI is InChI=1S/C26H39N3O4/c1-6-32-23(31)29-28-15(2)26-22(33-16(3)27-26)14-21-19-8-7-17-13-18(30)9-11-24(17,4)20(19)10-12-25(21,26)5/h7,18-22,30H,6,8-14H2,1-5H3,(H,29,31). The van der Waals surface area contributed by atoms with Crippen LogP contribution in [0.25, 0.3) is 0 Å². The van der Waals surface area contributed by atoms with Gasteiger partial charge in [0.2, 0.25) is 0 Å². The number of nitrogens with zero attached hydrogens (tertiary/aromatic N) is 2. The Kier molecular flexibility index (Phi) is 5.42. The number of rotatable bonds is 3. The van der Waals surface area contributed by atoms with Gasteiger partial charge in [0.1, 0.15) is 11.6 Å². The van der Waals surface area contributed by atoms with Gasteiger partial charge in [-0.1, -0.05) is 25.5 Å². The van der Waals surface area contributed by atoms with Crippen molar-refractivity contribution in [2.24, 2.45) is 38.7 Å². The van der Waals surface area contributed by atoms with E-state index in [2.05, 4.69) is 30.5 Å². The maximum Gasteiger partial charge on any atom is 0.427 e. The van der Waals surface area contributed by atoms with E-state index in [0.29, 0.717) is 30.3 Å². The largest absolute Gasteiger partial charge is 0.475 e. The zero-order valence-electron chi connectivity index (χ0n) is 20.7. The fraction of sp³-hybridized carbons (Fsp3) is 0.808. The highest BCUT2D eigenvalue weighted by atomic mass is 16.5. The molecule has 0 bridgehead atoms. The number of carbonyl (C=O) groups excluding carboxylic acids is 1. The number of hydrogen-bond acceptors (Lipinski definition) is 6. The summed E-state index contributed by atoms with van der Waals surface area (Å²) in [6, 6.07) is 0. The van der Waals surface area contributed by atoms with Crippen LogP contribution in [0.5, 0.6) is 0 Å². The molecule has 0 saturated heterocycles. The lowest BCUT2D eigenvalue weighted by molar-refractivity contribution is -0.0460. The fourth-order valence-corrected chi connectivity index (χ4v) is 8.56. The van der Waals surface area contributed by atoms with Crippen LogP contribution in [0.1, 0.15) is 79.6 Å². The Balaban J connectivity index is 1.49. The second-order valence-electron chi connectivity index (χ2n) is 11.4. The van der Waals surface area contributed by atoms with E-state index >= 15 is 0 Å². The topological polar surface area (TPSA) is 92.5 Å². The molecule has 33 heavy (non-hydrogen) atoms. The third-order valence-corrected chi connectivity index (χ3v) is 10.1. The zero-order valence-corrected chi connectivity index (χ0v) is 20.7. The molecular weight excluding hydrogens is 418 g/mol. The molecule has 7 nitrogen and oxygen atoms in total. The normalized spacial score (nSPS) is 46.1. The van der Waals surface area contributed by atoms with Gasteiger partial charge in [-0.05, 0) is 82.0 Å². The summed E-state index contributed by atoms with van der Waals surface area (Å²) in [6.45, 7) is 10.8. The van der Waals surface area contributed by atoms with Gasteiger partial charge in [-0.3, -0.25) is 0 Å². The smallest absolute Gasteiger partial charge is 0.427 e. The minimum Gasteiger partial charge on any atom is -0.475 e. The van der Waals surface area contributed by atoms with Gasteiger partial charge in [-0.15, -0.1) is 0 Å². The Bertz CT molecular complexity index is 928. The molecule has 1 aliphatic heterocycles. The van der Waals surface area contributed by atoms with E-state index in [-0.39, 0.29) is 23.0 Å². The van der Waals surface area contributed by atoms with Crippen LogP contribution >= 0.6 is 0 Å². The zero-order chi connectivity index (χ0) is 23.6. The molecule has 0 aromatic carbocycles. The van der Waals surface area contributed by atoms with Crippen molar-refractivity contribution in [1.29, 1.82) is 0 Å². The number of hydrogen-bond donors (Lipinski definition) is 2. The molecule has 4 aliphatic carbocycles. The predicted octanol–water partition coefficient (Wildman–Crippen LogP) is 4.60. The van der Waals surface area contributed by atoms with Crippen LogP contribution in [0.2, 0.25) is 0 Å². The van der Waals surface area contributed by atoms with Crippen molar-refractivity contribution < 1.29 is 19.4 Å². The fourth-order valence-electron chi connectivity index (χ4n) is 8.56. The van der Waals surface area contributed by atoms with Crippen LogP contribution < -0.4 is 5.43 Å². The van der Waals surface area contributed by atoms with Crippen molar-refractivity contribution in [2.45, 2.75) is 97.3 Å². The van der Waals surface area contributed by atoms with E-state index in [1.165, 1.54) is 5.57 Å². The number of hydrazone groups is 1. The third-order valence-electron chi connectivity index (χ3n) is 10.1. The number of carbonyl (C=O) groups is 1. The number of fused-ring (bicyclic) bond motifs is 7. The van der Waals surface area contributed by atoms with Crippen molar-refractivity contribution in [3.63, 3.8) is 0 Å². The Morgan fingerprint density at radius 3 is 2.88 bits per heavy atom. The molecule has 1 heterocycles. The maximum atomic E-state index is 11.9. The molecule has 1 amide bonds. The second-order valence-corrected chi connectivity index (χ2v) is 11.4. The monoisotopic (exact) mass is 457 g/mol. The molecule has 0 aromatic heterocycles. The van der Waals surface area contributed by atoms with Crippen molar-refractivity contribution in [3.05, 3.63) is 11.6 Å². The Morgan fingerprint density at radius 1 is 1.33 bits per heavy atom. The highest BCUT2D eigenvalue weighted by Gasteiger charge is 2.71. The Labute approximate surface area is 197 Å². The molecule has 3 fully saturated rings. The molecule has 182 valence electrons. The van der Waals surface area contributed by atoms with Gasteiger partial charge in [-0.25, -0.2) is 15.2 Å². The first-order valence-corrected chi connectivity index (χ1v) is 12.7. The van der Waals surface area contributed by atoms with Gasteiger partial charge in [0.05, 0.1) is 18.4 Å². The van der Waals surface area contributed by atoms with Crippen LogP contribution in [0.3, 0.4) is 0 Å². The summed E-state index contributed by atoms with van der Waals surface area (Å²) < 4.78 is 11.3. The number of aliphatic hydroxyl groups excluding tert-OH is 1. The van der Waals surface area contributed by atoms with Crippen LogP contribution in [0.15, 0.2) is 21.7 Å². The lowest BCUT2D eigenvalue weighted by Gasteiger charge is -2.58. The first-order valence-electron chi connectivity index (χ1n) is 12.7. The van der Waals surface area contributed by atoms with Crippen molar-refractivity contribution in [2.75, 3.05) is 6.61 Å². The third kappa shape index (κ3) is 3.14. The van der Waals surface area contributed by atoms with E-state index in [9.17, 15) is 9.90 Å². The molecule has 5 rings (SSSR count). The van der Waals surface area contributed by atoms with Crippen molar-refractivity contribution in [3.8, 4) is 0 Å². The molecule has 0 spiro atoms. The molecule has 2 N–H and O–H groups in total. The molecule has 8 atom stereocenters. The first kappa shape index (κ1) is 22.9. The van der Waals surface area contributed by atoms with Crippen LogP contribution in [0.4, 0.5) is 4.79 Å². The average Bonchev–Trinajstić information content (AvgIpc) is 3.23. The summed E-state index contributed by atoms with van der Waals surface area (Å²) in [5.74, 6) is 2.41. The minimum absolute atomic E-state index is 0.0506. The van der Waals surface area contributed by atoms with Gasteiger partial charge in [0.15, 0.2) is 5.90 Å². The number of amides is 1. The van der Waals surface area contributed by atoms with Crippen LogP contribution in [-0.4, -0.2) is 47.2 Å². The van der Waals surface area contributed by atoms with E-state index in [1.54, 1.807) is 6.92 Å². The molecule has 5 aliphatic rings. The summed E-state index contributed by atoms with van der Waals surface area (Å²) in [4.78, 5) is 17.1. The van der Waals surface area contributed by atoms with Gasteiger partial charge >= 0.3 is 6.09 Å². The van der Waals surface area contributed by atoms with Crippen molar-refractivity contribution in [1.82, 2.24) is 5.43 Å². The van der Waals surface area contributed by atoms with Gasteiger partial charge in [-0.2, -0.15) is 5.10 Å². The second kappa shape index (κ2) is 7.82. The number of aliphatic imine (C=N–C) groups is 1. The Morgan fingerprint density at radius 2 is 2.12 bits per heavy atom. The minimum atomic E-state index is -0.556. The number of nitrogens with one attached hydrogen (secondary N) is 1.